The fourth-order valence-corrected chi connectivity index (χ4v) is 4.46. The number of thiazole rings is 1. The highest BCUT2D eigenvalue weighted by Gasteiger charge is 2.35. The van der Waals surface area contributed by atoms with E-state index >= 15 is 0 Å². The highest BCUT2D eigenvalue weighted by atomic mass is 32.1. The molecule has 0 fully saturated rings. The minimum Gasteiger partial charge on any atom is -0.456 e. The van der Waals surface area contributed by atoms with E-state index in [1.807, 2.05) is 44.2 Å². The zero-order valence-electron chi connectivity index (χ0n) is 18.1. The van der Waals surface area contributed by atoms with Gasteiger partial charge in [-0.2, -0.15) is 0 Å². The molecule has 5 aromatic rings. The molecule has 4 nitrogen and oxygen atoms in total. The standard InChI is InChI=1S/C25H24BNO3S/c1-24(2,28)25(3,4)30-26-16-10-11-20-17(12-16)18-13-19-22(14-21(18)29-20)31-23(27-19)15-8-6-5-7-9-15/h5-14,26,28H,1-4H3. The predicted octanol–water partition coefficient (Wildman–Crippen LogP) is 5.41. The maximum Gasteiger partial charge on any atom is 0.309 e. The lowest BCUT2D eigenvalue weighted by atomic mass is 9.82. The first kappa shape index (κ1) is 20.2. The fraction of sp³-hybridized carbons (Fsp3) is 0.240. The minimum absolute atomic E-state index is 0.413. The average Bonchev–Trinajstić information content (AvgIpc) is 3.30. The second-order valence-corrected chi connectivity index (χ2v) is 10.0. The Labute approximate surface area is 185 Å². The minimum atomic E-state index is -0.938. The third-order valence-electron chi connectivity index (χ3n) is 6.14. The summed E-state index contributed by atoms with van der Waals surface area (Å²) in [5.41, 5.74) is 3.24. The molecule has 0 spiro atoms. The number of aromatic nitrogens is 1. The second-order valence-electron chi connectivity index (χ2n) is 8.99. The second kappa shape index (κ2) is 7.19. The molecule has 0 unspecified atom stereocenters. The SMILES string of the molecule is CC(C)(O)C(C)(C)OBc1ccc2oc3cc4sc(-c5ccccc5)nc4cc3c2c1. The first-order valence-electron chi connectivity index (χ1n) is 10.4. The normalized spacial score (nSPS) is 12.8. The van der Waals surface area contributed by atoms with Crippen molar-refractivity contribution in [3.05, 3.63) is 60.7 Å². The molecule has 0 aliphatic heterocycles. The van der Waals surface area contributed by atoms with E-state index < -0.39 is 11.2 Å². The predicted molar refractivity (Wildman–Crippen MR) is 131 cm³/mol. The van der Waals surface area contributed by atoms with E-state index in [1.54, 1.807) is 25.2 Å². The molecule has 156 valence electrons. The number of furan rings is 1. The number of benzene rings is 3. The summed E-state index contributed by atoms with van der Waals surface area (Å²) in [5.74, 6) is 0. The maximum atomic E-state index is 10.3. The zero-order valence-corrected chi connectivity index (χ0v) is 18.9. The quantitative estimate of drug-likeness (QED) is 0.380. The van der Waals surface area contributed by atoms with Gasteiger partial charge in [-0.25, -0.2) is 4.98 Å². The number of aliphatic hydroxyl groups is 1. The molecule has 0 bridgehead atoms. The molecule has 0 atom stereocenters. The number of nitrogens with zero attached hydrogens (tertiary/aromatic N) is 1. The van der Waals surface area contributed by atoms with Crippen molar-refractivity contribution in [2.24, 2.45) is 0 Å². The molecule has 0 amide bonds. The van der Waals surface area contributed by atoms with Gasteiger partial charge in [-0.3, -0.25) is 0 Å². The molecule has 0 saturated heterocycles. The van der Waals surface area contributed by atoms with Crippen LogP contribution < -0.4 is 5.46 Å². The molecule has 0 aliphatic carbocycles. The van der Waals surface area contributed by atoms with Crippen molar-refractivity contribution in [1.82, 2.24) is 4.98 Å². The highest BCUT2D eigenvalue weighted by Crippen LogP contribution is 2.36. The summed E-state index contributed by atoms with van der Waals surface area (Å²) in [7, 11) is 0.413. The van der Waals surface area contributed by atoms with E-state index in [0.29, 0.717) is 7.48 Å². The van der Waals surface area contributed by atoms with Crippen molar-refractivity contribution in [3.63, 3.8) is 0 Å². The molecule has 2 aromatic heterocycles. The Morgan fingerprint density at radius 2 is 1.68 bits per heavy atom. The van der Waals surface area contributed by atoms with E-state index in [2.05, 4.69) is 30.3 Å². The van der Waals surface area contributed by atoms with Gasteiger partial charge >= 0.3 is 7.48 Å². The van der Waals surface area contributed by atoms with E-state index in [4.69, 9.17) is 14.1 Å². The van der Waals surface area contributed by atoms with Gasteiger partial charge in [0, 0.05) is 22.4 Å². The van der Waals surface area contributed by atoms with Crippen molar-refractivity contribution in [3.8, 4) is 10.6 Å². The van der Waals surface area contributed by atoms with Crippen LogP contribution in [0, 0.1) is 0 Å². The van der Waals surface area contributed by atoms with Gasteiger partial charge in [0.25, 0.3) is 0 Å². The molecule has 0 aliphatic rings. The Bertz CT molecular complexity index is 1400. The summed E-state index contributed by atoms with van der Waals surface area (Å²) in [6.45, 7) is 7.34. The Morgan fingerprint density at radius 1 is 0.935 bits per heavy atom. The molecule has 1 N–H and O–H groups in total. The number of hydrogen-bond donors (Lipinski definition) is 1. The largest absolute Gasteiger partial charge is 0.456 e. The number of hydrogen-bond acceptors (Lipinski definition) is 5. The maximum absolute atomic E-state index is 10.3. The molecule has 3 aromatic carbocycles. The van der Waals surface area contributed by atoms with Crippen molar-refractivity contribution in [2.45, 2.75) is 38.9 Å². The van der Waals surface area contributed by atoms with Gasteiger partial charge in [0.05, 0.1) is 21.4 Å². The van der Waals surface area contributed by atoms with Gasteiger partial charge in [0.1, 0.15) is 16.2 Å². The lowest BCUT2D eigenvalue weighted by Gasteiger charge is -2.37. The zero-order chi connectivity index (χ0) is 21.8. The van der Waals surface area contributed by atoms with Crippen molar-refractivity contribution in [1.29, 1.82) is 0 Å². The van der Waals surface area contributed by atoms with Crippen LogP contribution in [-0.4, -0.2) is 28.8 Å². The number of rotatable bonds is 5. The van der Waals surface area contributed by atoms with Gasteiger partial charge in [-0.05, 0) is 39.8 Å². The lowest BCUT2D eigenvalue weighted by molar-refractivity contribution is -0.0893. The van der Waals surface area contributed by atoms with Crippen molar-refractivity contribution in [2.75, 3.05) is 0 Å². The number of fused-ring (bicyclic) bond motifs is 4. The molecule has 31 heavy (non-hydrogen) atoms. The first-order chi connectivity index (χ1) is 14.7. The van der Waals surface area contributed by atoms with Crippen LogP contribution in [0.15, 0.2) is 65.1 Å². The van der Waals surface area contributed by atoms with Crippen LogP contribution in [0.1, 0.15) is 27.7 Å². The summed E-state index contributed by atoms with van der Waals surface area (Å²) in [6.07, 6.45) is 0. The van der Waals surface area contributed by atoms with E-state index in [1.165, 1.54) is 0 Å². The molecule has 6 heteroatoms. The van der Waals surface area contributed by atoms with E-state index in [9.17, 15) is 5.11 Å². The highest BCUT2D eigenvalue weighted by molar-refractivity contribution is 7.21. The summed E-state index contributed by atoms with van der Waals surface area (Å²) in [6, 6.07) is 20.6. The lowest BCUT2D eigenvalue weighted by Crippen LogP contribution is -2.49. The van der Waals surface area contributed by atoms with Crippen LogP contribution in [0.4, 0.5) is 0 Å². The van der Waals surface area contributed by atoms with Crippen molar-refractivity contribution >= 4 is 56.4 Å². The summed E-state index contributed by atoms with van der Waals surface area (Å²) in [4.78, 5) is 4.86. The average molecular weight is 429 g/mol. The summed E-state index contributed by atoms with van der Waals surface area (Å²) >= 11 is 1.68. The van der Waals surface area contributed by atoms with Crippen LogP contribution >= 0.6 is 11.3 Å². The van der Waals surface area contributed by atoms with Gasteiger partial charge < -0.3 is 14.2 Å². The Hall–Kier alpha value is -2.67. The molecular formula is C25H24BNO3S. The Kier molecular flexibility index (Phi) is 4.70. The first-order valence-corrected chi connectivity index (χ1v) is 11.2. The van der Waals surface area contributed by atoms with Gasteiger partial charge in [0.15, 0.2) is 0 Å². The summed E-state index contributed by atoms with van der Waals surface area (Å²) in [5, 5.41) is 13.5. The molecule has 0 radical (unpaired) electrons. The van der Waals surface area contributed by atoms with E-state index in [-0.39, 0.29) is 0 Å². The molecule has 5 rings (SSSR count). The Balaban J connectivity index is 1.53. The van der Waals surface area contributed by atoms with Gasteiger partial charge in [0.2, 0.25) is 0 Å². The van der Waals surface area contributed by atoms with Gasteiger partial charge in [-0.15, -0.1) is 11.3 Å². The molecular weight excluding hydrogens is 405 g/mol. The smallest absolute Gasteiger partial charge is 0.309 e. The van der Waals surface area contributed by atoms with Crippen LogP contribution in [-0.2, 0) is 4.65 Å². The Morgan fingerprint density at radius 3 is 2.42 bits per heavy atom. The molecule has 0 saturated carbocycles. The fourth-order valence-electron chi connectivity index (χ4n) is 3.48. The van der Waals surface area contributed by atoms with Crippen LogP contribution in [0.5, 0.6) is 0 Å². The van der Waals surface area contributed by atoms with Crippen LogP contribution in [0.25, 0.3) is 42.7 Å². The van der Waals surface area contributed by atoms with Crippen molar-refractivity contribution < 1.29 is 14.2 Å². The molecule has 2 heterocycles. The monoisotopic (exact) mass is 429 g/mol. The summed E-state index contributed by atoms with van der Waals surface area (Å²) < 4.78 is 13.3. The van der Waals surface area contributed by atoms with Crippen LogP contribution in [0.3, 0.4) is 0 Å². The van der Waals surface area contributed by atoms with Gasteiger partial charge in [-0.1, -0.05) is 47.9 Å². The van der Waals surface area contributed by atoms with E-state index in [0.717, 1.165) is 48.2 Å². The third-order valence-corrected chi connectivity index (χ3v) is 7.20. The topological polar surface area (TPSA) is 55.5 Å². The third kappa shape index (κ3) is 3.65. The van der Waals surface area contributed by atoms with Crippen LogP contribution in [0.2, 0.25) is 0 Å².